The maximum absolute atomic E-state index is 9.56. The van der Waals surface area contributed by atoms with Gasteiger partial charge in [-0.2, -0.15) is 4.68 Å². The molecule has 0 fully saturated rings. The molecule has 0 aliphatic rings. The van der Waals surface area contributed by atoms with Crippen LogP contribution in [0.4, 0.5) is 0 Å². The van der Waals surface area contributed by atoms with E-state index in [0.717, 1.165) is 32.5 Å². The number of hydrogen-bond acceptors (Lipinski definition) is 5. The van der Waals surface area contributed by atoms with E-state index >= 15 is 0 Å². The van der Waals surface area contributed by atoms with Crippen LogP contribution in [0.5, 0.6) is 0 Å². The summed E-state index contributed by atoms with van der Waals surface area (Å²) in [5.41, 5.74) is 4.49. The molecule has 0 aliphatic carbocycles. The lowest BCUT2D eigenvalue weighted by Crippen LogP contribution is -2.01. The Kier molecular flexibility index (Phi) is 3.57. The van der Waals surface area contributed by atoms with Crippen LogP contribution in [0.3, 0.4) is 0 Å². The normalized spacial score (nSPS) is 11.0. The highest BCUT2D eigenvalue weighted by Crippen LogP contribution is 2.30. The van der Waals surface area contributed by atoms with Gasteiger partial charge in [0.2, 0.25) is 5.13 Å². The molecule has 3 aromatic rings. The first-order valence-electron chi connectivity index (χ1n) is 6.67. The summed E-state index contributed by atoms with van der Waals surface area (Å²) in [6.45, 7) is 5.90. The summed E-state index contributed by atoms with van der Waals surface area (Å²) in [5.74, 6) is 0. The van der Waals surface area contributed by atoms with Crippen LogP contribution in [0.15, 0.2) is 24.3 Å². The topological polar surface area (TPSA) is 63.8 Å². The largest absolute Gasteiger partial charge is 0.390 e. The number of aromatic nitrogens is 4. The molecule has 0 atom stereocenters. The van der Waals surface area contributed by atoms with Crippen LogP contribution in [0.2, 0.25) is 0 Å². The Labute approximate surface area is 126 Å². The summed E-state index contributed by atoms with van der Waals surface area (Å²) in [4.78, 5) is 5.70. The smallest absolute Gasteiger partial charge is 0.212 e. The fourth-order valence-electron chi connectivity index (χ4n) is 2.21. The molecule has 6 heteroatoms. The SMILES string of the molecule is Cc1ccccc1-c1c(CO)nnn1-c1nc(C)c(C)s1. The van der Waals surface area contributed by atoms with E-state index in [4.69, 9.17) is 0 Å². The van der Waals surface area contributed by atoms with E-state index in [1.165, 1.54) is 0 Å². The van der Waals surface area contributed by atoms with Gasteiger partial charge in [0.05, 0.1) is 12.3 Å². The predicted octanol–water partition coefficient (Wildman–Crippen LogP) is 2.81. The summed E-state index contributed by atoms with van der Waals surface area (Å²) >= 11 is 1.57. The van der Waals surface area contributed by atoms with Crippen LogP contribution >= 0.6 is 11.3 Å². The molecule has 1 N–H and O–H groups in total. The van der Waals surface area contributed by atoms with Gasteiger partial charge < -0.3 is 5.11 Å². The van der Waals surface area contributed by atoms with Crippen LogP contribution in [-0.2, 0) is 6.61 Å². The summed E-state index contributed by atoms with van der Waals surface area (Å²) in [6, 6.07) is 8.01. The minimum Gasteiger partial charge on any atom is -0.390 e. The van der Waals surface area contributed by atoms with Gasteiger partial charge in [-0.3, -0.25) is 0 Å². The summed E-state index contributed by atoms with van der Waals surface area (Å²) in [5, 5.41) is 18.6. The van der Waals surface area contributed by atoms with Crippen LogP contribution in [0.1, 0.15) is 21.8 Å². The summed E-state index contributed by atoms with van der Waals surface area (Å²) in [7, 11) is 0. The molecule has 0 unspecified atom stereocenters. The molecule has 0 bridgehead atoms. The van der Waals surface area contributed by atoms with E-state index < -0.39 is 0 Å². The Morgan fingerprint density at radius 1 is 1.19 bits per heavy atom. The van der Waals surface area contributed by atoms with Crippen LogP contribution in [0.25, 0.3) is 16.4 Å². The fraction of sp³-hybridized carbons (Fsp3) is 0.267. The predicted molar refractivity (Wildman–Crippen MR) is 82.6 cm³/mol. The van der Waals surface area contributed by atoms with Gasteiger partial charge in [0.25, 0.3) is 0 Å². The maximum atomic E-state index is 9.56. The van der Waals surface area contributed by atoms with Gasteiger partial charge in [-0.25, -0.2) is 4.98 Å². The number of aliphatic hydroxyl groups is 1. The average molecular weight is 300 g/mol. The van der Waals surface area contributed by atoms with Crippen molar-refractivity contribution in [3.8, 4) is 16.4 Å². The number of aryl methyl sites for hydroxylation is 3. The first kappa shape index (κ1) is 13.9. The van der Waals surface area contributed by atoms with Crippen molar-refractivity contribution in [3.05, 3.63) is 46.1 Å². The van der Waals surface area contributed by atoms with Crippen LogP contribution in [0, 0.1) is 20.8 Å². The van der Waals surface area contributed by atoms with Crippen molar-refractivity contribution >= 4 is 11.3 Å². The molecule has 21 heavy (non-hydrogen) atoms. The van der Waals surface area contributed by atoms with Gasteiger partial charge in [0.1, 0.15) is 11.4 Å². The molecule has 0 radical (unpaired) electrons. The van der Waals surface area contributed by atoms with Crippen molar-refractivity contribution in [3.63, 3.8) is 0 Å². The van der Waals surface area contributed by atoms with E-state index in [1.807, 2.05) is 45.0 Å². The molecule has 1 aromatic carbocycles. The van der Waals surface area contributed by atoms with Gasteiger partial charge >= 0.3 is 0 Å². The second-order valence-electron chi connectivity index (χ2n) is 4.91. The van der Waals surface area contributed by atoms with Gasteiger partial charge in [-0.05, 0) is 26.3 Å². The molecule has 0 aliphatic heterocycles. The van der Waals surface area contributed by atoms with Gasteiger partial charge in [-0.15, -0.1) is 5.10 Å². The maximum Gasteiger partial charge on any atom is 0.212 e. The molecule has 0 amide bonds. The number of benzene rings is 1. The standard InChI is InChI=1S/C15H16N4OS/c1-9-6-4-5-7-12(9)14-13(8-20)17-18-19(14)15-16-10(2)11(3)21-15/h4-7,20H,8H2,1-3H3. The van der Waals surface area contributed by atoms with Crippen molar-refractivity contribution in [2.75, 3.05) is 0 Å². The summed E-state index contributed by atoms with van der Waals surface area (Å²) < 4.78 is 1.72. The second-order valence-corrected chi connectivity index (χ2v) is 6.09. The molecule has 0 saturated heterocycles. The van der Waals surface area contributed by atoms with E-state index in [9.17, 15) is 5.11 Å². The Bertz CT molecular complexity index is 771. The number of hydrogen-bond donors (Lipinski definition) is 1. The minimum atomic E-state index is -0.146. The second kappa shape index (κ2) is 5.38. The monoisotopic (exact) mass is 300 g/mol. The van der Waals surface area contributed by atoms with Crippen molar-refractivity contribution in [2.45, 2.75) is 27.4 Å². The lowest BCUT2D eigenvalue weighted by Gasteiger charge is -2.08. The quantitative estimate of drug-likeness (QED) is 0.808. The zero-order valence-electron chi connectivity index (χ0n) is 12.2. The van der Waals surface area contributed by atoms with Crippen LogP contribution < -0.4 is 0 Å². The Balaban J connectivity index is 2.24. The van der Waals surface area contributed by atoms with Crippen LogP contribution in [-0.4, -0.2) is 25.1 Å². The minimum absolute atomic E-state index is 0.146. The first-order valence-corrected chi connectivity index (χ1v) is 7.49. The number of thiazole rings is 1. The van der Waals surface area contributed by atoms with E-state index in [-0.39, 0.29) is 6.61 Å². The zero-order chi connectivity index (χ0) is 15.0. The highest BCUT2D eigenvalue weighted by atomic mass is 32.1. The highest BCUT2D eigenvalue weighted by Gasteiger charge is 2.19. The van der Waals surface area contributed by atoms with E-state index in [1.54, 1.807) is 16.0 Å². The molecule has 2 heterocycles. The highest BCUT2D eigenvalue weighted by molar-refractivity contribution is 7.14. The first-order chi connectivity index (χ1) is 10.1. The molecular formula is C15H16N4OS. The molecule has 0 spiro atoms. The Morgan fingerprint density at radius 2 is 1.95 bits per heavy atom. The Hall–Kier alpha value is -2.05. The lowest BCUT2D eigenvalue weighted by molar-refractivity contribution is 0.277. The Morgan fingerprint density at radius 3 is 2.57 bits per heavy atom. The number of rotatable bonds is 3. The third kappa shape index (κ3) is 2.36. The zero-order valence-corrected chi connectivity index (χ0v) is 13.0. The fourth-order valence-corrected chi connectivity index (χ4v) is 3.07. The molecule has 2 aromatic heterocycles. The molecule has 3 rings (SSSR count). The van der Waals surface area contributed by atoms with Gasteiger partial charge in [0, 0.05) is 10.4 Å². The third-order valence-corrected chi connectivity index (χ3v) is 4.54. The lowest BCUT2D eigenvalue weighted by atomic mass is 10.0. The van der Waals surface area contributed by atoms with Gasteiger partial charge in [0.15, 0.2) is 0 Å². The molecular weight excluding hydrogens is 284 g/mol. The van der Waals surface area contributed by atoms with Crippen molar-refractivity contribution in [1.82, 2.24) is 20.0 Å². The molecule has 108 valence electrons. The third-order valence-electron chi connectivity index (χ3n) is 3.49. The average Bonchev–Trinajstić information content (AvgIpc) is 3.03. The van der Waals surface area contributed by atoms with Crippen molar-refractivity contribution in [1.29, 1.82) is 0 Å². The molecule has 5 nitrogen and oxygen atoms in total. The van der Waals surface area contributed by atoms with E-state index in [2.05, 4.69) is 15.3 Å². The van der Waals surface area contributed by atoms with Gasteiger partial charge in [-0.1, -0.05) is 40.8 Å². The summed E-state index contributed by atoms with van der Waals surface area (Å²) in [6.07, 6.45) is 0. The van der Waals surface area contributed by atoms with Crippen molar-refractivity contribution in [2.24, 2.45) is 0 Å². The number of nitrogens with zero attached hydrogens (tertiary/aromatic N) is 4. The van der Waals surface area contributed by atoms with Crippen molar-refractivity contribution < 1.29 is 5.11 Å². The van der Waals surface area contributed by atoms with E-state index in [0.29, 0.717) is 5.69 Å². The molecule has 0 saturated carbocycles. The number of aliphatic hydroxyl groups excluding tert-OH is 1.